The van der Waals surface area contributed by atoms with E-state index in [1.807, 2.05) is 12.1 Å². The highest BCUT2D eigenvalue weighted by Crippen LogP contribution is 2.38. The van der Waals surface area contributed by atoms with E-state index in [-0.39, 0.29) is 23.7 Å². The molecule has 1 amide bonds. The van der Waals surface area contributed by atoms with Gasteiger partial charge in [0.15, 0.2) is 11.6 Å². The predicted octanol–water partition coefficient (Wildman–Crippen LogP) is 4.13. The van der Waals surface area contributed by atoms with Crippen LogP contribution in [0.15, 0.2) is 42.5 Å². The SMILES string of the molecule is COc1ccc(-c2ccc(C(=O)N(C)CC3(CO)CCCC3)cc2)cc1F. The molecule has 0 aliphatic heterocycles. The molecular formula is C22H26FNO3. The summed E-state index contributed by atoms with van der Waals surface area (Å²) in [6.45, 7) is 0.681. The Morgan fingerprint density at radius 3 is 2.33 bits per heavy atom. The maximum absolute atomic E-state index is 13.9. The van der Waals surface area contributed by atoms with Gasteiger partial charge in [0.05, 0.1) is 13.7 Å². The number of hydrogen-bond donors (Lipinski definition) is 1. The quantitative estimate of drug-likeness (QED) is 0.831. The van der Waals surface area contributed by atoms with Crippen molar-refractivity contribution in [2.75, 3.05) is 27.3 Å². The van der Waals surface area contributed by atoms with Gasteiger partial charge in [-0.25, -0.2) is 4.39 Å². The molecule has 0 unspecified atom stereocenters. The van der Waals surface area contributed by atoms with E-state index >= 15 is 0 Å². The van der Waals surface area contributed by atoms with E-state index in [4.69, 9.17) is 4.74 Å². The number of methoxy groups -OCH3 is 1. The summed E-state index contributed by atoms with van der Waals surface area (Å²) in [5.74, 6) is -0.278. The van der Waals surface area contributed by atoms with E-state index in [1.54, 1.807) is 36.2 Å². The molecule has 0 spiro atoms. The van der Waals surface area contributed by atoms with Crippen molar-refractivity contribution < 1.29 is 19.0 Å². The summed E-state index contributed by atoms with van der Waals surface area (Å²) in [5, 5.41) is 9.76. The molecule has 0 bridgehead atoms. The summed E-state index contributed by atoms with van der Waals surface area (Å²) in [7, 11) is 3.21. The largest absolute Gasteiger partial charge is 0.494 e. The molecular weight excluding hydrogens is 345 g/mol. The van der Waals surface area contributed by atoms with Crippen molar-refractivity contribution in [2.45, 2.75) is 25.7 Å². The predicted molar refractivity (Wildman–Crippen MR) is 103 cm³/mol. The van der Waals surface area contributed by atoms with Crippen molar-refractivity contribution in [3.8, 4) is 16.9 Å². The van der Waals surface area contributed by atoms with Gasteiger partial charge in [-0.2, -0.15) is 0 Å². The van der Waals surface area contributed by atoms with Gasteiger partial charge in [-0.15, -0.1) is 0 Å². The molecule has 0 saturated heterocycles. The van der Waals surface area contributed by atoms with E-state index in [9.17, 15) is 14.3 Å². The third-order valence-corrected chi connectivity index (χ3v) is 5.54. The van der Waals surface area contributed by atoms with Crippen LogP contribution in [-0.2, 0) is 0 Å². The van der Waals surface area contributed by atoms with Gasteiger partial charge in [0.2, 0.25) is 0 Å². The number of halogens is 1. The number of benzene rings is 2. The zero-order valence-corrected chi connectivity index (χ0v) is 15.9. The minimum Gasteiger partial charge on any atom is -0.494 e. The number of nitrogens with zero attached hydrogens (tertiary/aromatic N) is 1. The Kier molecular flexibility index (Phi) is 5.80. The van der Waals surface area contributed by atoms with Crippen LogP contribution in [0.5, 0.6) is 5.75 Å². The van der Waals surface area contributed by atoms with Crippen LogP contribution in [0, 0.1) is 11.2 Å². The first-order valence-corrected chi connectivity index (χ1v) is 9.28. The Labute approximate surface area is 159 Å². The molecule has 1 aliphatic carbocycles. The molecule has 5 heteroatoms. The van der Waals surface area contributed by atoms with Crippen LogP contribution in [0.4, 0.5) is 4.39 Å². The molecule has 1 N–H and O–H groups in total. The molecule has 1 aliphatic rings. The first kappa shape index (κ1) is 19.4. The van der Waals surface area contributed by atoms with Crippen molar-refractivity contribution in [3.63, 3.8) is 0 Å². The maximum atomic E-state index is 13.9. The number of amides is 1. The second-order valence-corrected chi connectivity index (χ2v) is 7.45. The van der Waals surface area contributed by atoms with E-state index in [0.717, 1.165) is 36.8 Å². The van der Waals surface area contributed by atoms with Crippen LogP contribution < -0.4 is 4.74 Å². The average molecular weight is 371 g/mol. The third kappa shape index (κ3) is 4.14. The lowest BCUT2D eigenvalue weighted by Gasteiger charge is -2.31. The van der Waals surface area contributed by atoms with Crippen LogP contribution >= 0.6 is 0 Å². The van der Waals surface area contributed by atoms with E-state index in [0.29, 0.717) is 12.1 Å². The minimum atomic E-state index is -0.416. The smallest absolute Gasteiger partial charge is 0.253 e. The van der Waals surface area contributed by atoms with E-state index in [1.165, 1.54) is 13.2 Å². The number of carbonyl (C=O) groups is 1. The molecule has 0 aromatic heterocycles. The van der Waals surface area contributed by atoms with Gasteiger partial charge in [0, 0.05) is 24.6 Å². The summed E-state index contributed by atoms with van der Waals surface area (Å²) in [4.78, 5) is 14.4. The van der Waals surface area contributed by atoms with Crippen LogP contribution in [0.1, 0.15) is 36.0 Å². The highest BCUT2D eigenvalue weighted by Gasteiger charge is 2.35. The number of rotatable bonds is 6. The molecule has 0 radical (unpaired) electrons. The Hall–Kier alpha value is -2.40. The van der Waals surface area contributed by atoms with E-state index < -0.39 is 5.82 Å². The Morgan fingerprint density at radius 2 is 1.78 bits per heavy atom. The molecule has 3 rings (SSSR count). The number of carbonyl (C=O) groups excluding carboxylic acids is 1. The third-order valence-electron chi connectivity index (χ3n) is 5.54. The number of aliphatic hydroxyl groups excluding tert-OH is 1. The highest BCUT2D eigenvalue weighted by atomic mass is 19.1. The van der Waals surface area contributed by atoms with Crippen LogP contribution in [0.2, 0.25) is 0 Å². The molecule has 144 valence electrons. The van der Waals surface area contributed by atoms with Crippen LogP contribution in [-0.4, -0.2) is 43.2 Å². The van der Waals surface area contributed by atoms with Crippen LogP contribution in [0.25, 0.3) is 11.1 Å². The molecule has 27 heavy (non-hydrogen) atoms. The summed E-state index contributed by atoms with van der Waals surface area (Å²) >= 11 is 0. The fourth-order valence-corrected chi connectivity index (χ4v) is 3.94. The molecule has 2 aromatic carbocycles. The molecule has 2 aromatic rings. The molecule has 1 fully saturated rings. The molecule has 1 saturated carbocycles. The Balaban J connectivity index is 1.72. The number of hydrogen-bond acceptors (Lipinski definition) is 3. The average Bonchev–Trinajstić information content (AvgIpc) is 3.16. The lowest BCUT2D eigenvalue weighted by Crippen LogP contribution is -2.39. The summed E-state index contributed by atoms with van der Waals surface area (Å²) in [6, 6.07) is 12.0. The maximum Gasteiger partial charge on any atom is 0.253 e. The zero-order valence-electron chi connectivity index (χ0n) is 15.9. The Bertz CT molecular complexity index is 798. The summed E-state index contributed by atoms with van der Waals surface area (Å²) in [6.07, 6.45) is 4.14. The van der Waals surface area contributed by atoms with Gasteiger partial charge in [-0.3, -0.25) is 4.79 Å². The van der Waals surface area contributed by atoms with Crippen molar-refractivity contribution in [1.29, 1.82) is 0 Å². The zero-order chi connectivity index (χ0) is 19.4. The van der Waals surface area contributed by atoms with Crippen molar-refractivity contribution in [2.24, 2.45) is 5.41 Å². The lowest BCUT2D eigenvalue weighted by atomic mass is 9.86. The normalized spacial score (nSPS) is 15.6. The van der Waals surface area contributed by atoms with Gasteiger partial charge < -0.3 is 14.7 Å². The minimum absolute atomic E-state index is 0.0674. The number of ether oxygens (including phenoxy) is 1. The first-order valence-electron chi connectivity index (χ1n) is 9.28. The lowest BCUT2D eigenvalue weighted by molar-refractivity contribution is 0.0595. The number of aliphatic hydroxyl groups is 1. The fourth-order valence-electron chi connectivity index (χ4n) is 3.94. The summed E-state index contributed by atoms with van der Waals surface area (Å²) in [5.41, 5.74) is 1.98. The van der Waals surface area contributed by atoms with E-state index in [2.05, 4.69) is 0 Å². The standard InChI is InChI=1S/C22H26FNO3/c1-24(14-22(15-25)11-3-4-12-22)21(26)17-7-5-16(6-8-17)18-9-10-20(27-2)19(23)13-18/h5-10,13,25H,3-4,11-12,14-15H2,1-2H3. The molecule has 0 heterocycles. The van der Waals surface area contributed by atoms with Gasteiger partial charge in [0.25, 0.3) is 5.91 Å². The van der Waals surface area contributed by atoms with Crippen molar-refractivity contribution >= 4 is 5.91 Å². The second kappa shape index (κ2) is 8.09. The van der Waals surface area contributed by atoms with Crippen molar-refractivity contribution in [3.05, 3.63) is 53.8 Å². The van der Waals surface area contributed by atoms with Gasteiger partial charge in [-0.1, -0.05) is 31.0 Å². The van der Waals surface area contributed by atoms with Gasteiger partial charge in [0.1, 0.15) is 0 Å². The van der Waals surface area contributed by atoms with Crippen LogP contribution in [0.3, 0.4) is 0 Å². The second-order valence-electron chi connectivity index (χ2n) is 7.45. The topological polar surface area (TPSA) is 49.8 Å². The van der Waals surface area contributed by atoms with Gasteiger partial charge >= 0.3 is 0 Å². The Morgan fingerprint density at radius 1 is 1.15 bits per heavy atom. The highest BCUT2D eigenvalue weighted by molar-refractivity contribution is 5.94. The molecule has 4 nitrogen and oxygen atoms in total. The monoisotopic (exact) mass is 371 g/mol. The van der Waals surface area contributed by atoms with Gasteiger partial charge in [-0.05, 0) is 48.2 Å². The molecule has 0 atom stereocenters. The fraction of sp³-hybridized carbons (Fsp3) is 0.409. The summed E-state index contributed by atoms with van der Waals surface area (Å²) < 4.78 is 18.8. The van der Waals surface area contributed by atoms with Crippen molar-refractivity contribution in [1.82, 2.24) is 4.90 Å². The first-order chi connectivity index (χ1) is 13.0.